The van der Waals surface area contributed by atoms with E-state index in [4.69, 9.17) is 4.43 Å². The van der Waals surface area contributed by atoms with E-state index < -0.39 is 8.32 Å². The Bertz CT molecular complexity index is 625. The van der Waals surface area contributed by atoms with Gasteiger partial charge < -0.3 is 4.43 Å². The second-order valence-corrected chi connectivity index (χ2v) is 12.0. The van der Waals surface area contributed by atoms with E-state index in [9.17, 15) is 0 Å². The van der Waals surface area contributed by atoms with Gasteiger partial charge in [0.15, 0.2) is 0 Å². The van der Waals surface area contributed by atoms with Gasteiger partial charge in [-0.1, -0.05) is 93.1 Å². The number of rotatable bonds is 5. The van der Waals surface area contributed by atoms with Crippen LogP contribution in [0.3, 0.4) is 0 Å². The summed E-state index contributed by atoms with van der Waals surface area (Å²) >= 11 is 0. The molecule has 0 fully saturated rings. The fourth-order valence-corrected chi connectivity index (χ4v) is 8.11. The van der Waals surface area contributed by atoms with Gasteiger partial charge in [-0.2, -0.15) is 0 Å². The number of benzene rings is 2. The SMILES string of the molecule is CC(C)=CC(C)O[Si](c1ccccc1)(c1ccccc1)C(C)(C)C. The van der Waals surface area contributed by atoms with Crippen LogP contribution in [0.5, 0.6) is 0 Å². The maximum absolute atomic E-state index is 6.95. The van der Waals surface area contributed by atoms with E-state index in [1.165, 1.54) is 15.9 Å². The normalized spacial score (nSPS) is 13.4. The lowest BCUT2D eigenvalue weighted by Gasteiger charge is -2.44. The molecule has 0 heterocycles. The Morgan fingerprint density at radius 3 is 1.62 bits per heavy atom. The van der Waals surface area contributed by atoms with Gasteiger partial charge in [-0.15, -0.1) is 0 Å². The molecule has 2 aromatic rings. The van der Waals surface area contributed by atoms with E-state index in [0.29, 0.717) is 0 Å². The van der Waals surface area contributed by atoms with Crippen molar-refractivity contribution in [3.8, 4) is 0 Å². The Morgan fingerprint density at radius 1 is 0.875 bits per heavy atom. The van der Waals surface area contributed by atoms with E-state index in [-0.39, 0.29) is 11.1 Å². The van der Waals surface area contributed by atoms with Crippen molar-refractivity contribution in [1.29, 1.82) is 0 Å². The zero-order valence-corrected chi connectivity index (χ0v) is 16.8. The van der Waals surface area contributed by atoms with E-state index >= 15 is 0 Å². The largest absolute Gasteiger partial charge is 0.401 e. The molecule has 0 amide bonds. The summed E-state index contributed by atoms with van der Waals surface area (Å²) in [7, 11) is -2.42. The third kappa shape index (κ3) is 3.88. The molecule has 0 bridgehead atoms. The maximum atomic E-state index is 6.95. The average Bonchev–Trinajstić information content (AvgIpc) is 2.52. The zero-order chi connectivity index (χ0) is 17.8. The zero-order valence-electron chi connectivity index (χ0n) is 15.8. The fourth-order valence-electron chi connectivity index (χ4n) is 3.47. The Kier molecular flexibility index (Phi) is 5.84. The summed E-state index contributed by atoms with van der Waals surface area (Å²) in [6.07, 6.45) is 2.31. The highest BCUT2D eigenvalue weighted by Crippen LogP contribution is 2.37. The van der Waals surface area contributed by atoms with E-state index in [2.05, 4.69) is 108 Å². The molecule has 2 heteroatoms. The van der Waals surface area contributed by atoms with E-state index in [1.807, 2.05) is 0 Å². The van der Waals surface area contributed by atoms with Crippen molar-refractivity contribution in [1.82, 2.24) is 0 Å². The van der Waals surface area contributed by atoms with Crippen LogP contribution >= 0.6 is 0 Å². The van der Waals surface area contributed by atoms with E-state index in [0.717, 1.165) is 0 Å². The van der Waals surface area contributed by atoms with Crippen molar-refractivity contribution in [3.63, 3.8) is 0 Å². The molecule has 0 radical (unpaired) electrons. The number of hydrogen-bond acceptors (Lipinski definition) is 1. The van der Waals surface area contributed by atoms with Gasteiger partial charge >= 0.3 is 0 Å². The summed E-state index contributed by atoms with van der Waals surface area (Å²) in [5.74, 6) is 0. The maximum Gasteiger partial charge on any atom is 0.261 e. The first-order chi connectivity index (χ1) is 11.3. The summed E-state index contributed by atoms with van der Waals surface area (Å²) in [6, 6.07) is 21.6. The third-order valence-electron chi connectivity index (χ3n) is 4.35. The number of allylic oxidation sites excluding steroid dienone is 1. The molecule has 0 saturated carbocycles. The molecule has 0 aromatic heterocycles. The quantitative estimate of drug-likeness (QED) is 0.555. The summed E-state index contributed by atoms with van der Waals surface area (Å²) in [5.41, 5.74) is 1.29. The molecule has 0 aliphatic rings. The van der Waals surface area contributed by atoms with Crippen LogP contribution in [0.2, 0.25) is 5.04 Å². The highest BCUT2D eigenvalue weighted by atomic mass is 28.4. The first-order valence-corrected chi connectivity index (χ1v) is 10.6. The Labute approximate surface area is 148 Å². The second-order valence-electron chi connectivity index (χ2n) is 7.73. The van der Waals surface area contributed by atoms with Gasteiger partial charge in [0.2, 0.25) is 0 Å². The summed E-state index contributed by atoms with van der Waals surface area (Å²) in [4.78, 5) is 0. The highest BCUT2D eigenvalue weighted by molar-refractivity contribution is 6.99. The van der Waals surface area contributed by atoms with Crippen molar-refractivity contribution < 1.29 is 4.43 Å². The third-order valence-corrected chi connectivity index (χ3v) is 9.48. The van der Waals surface area contributed by atoms with Crippen LogP contribution in [-0.2, 0) is 4.43 Å². The molecule has 1 unspecified atom stereocenters. The predicted molar refractivity (Wildman–Crippen MR) is 108 cm³/mol. The molecule has 2 aromatic carbocycles. The molecule has 24 heavy (non-hydrogen) atoms. The lowest BCUT2D eigenvalue weighted by Crippen LogP contribution is -2.67. The molecule has 2 rings (SSSR count). The minimum atomic E-state index is -2.42. The minimum Gasteiger partial charge on any atom is -0.401 e. The predicted octanol–water partition coefficient (Wildman–Crippen LogP) is 4.92. The van der Waals surface area contributed by atoms with Gasteiger partial charge in [0.05, 0.1) is 6.10 Å². The molecule has 1 atom stereocenters. The van der Waals surface area contributed by atoms with Crippen LogP contribution in [0.15, 0.2) is 72.3 Å². The molecule has 0 aliphatic heterocycles. The van der Waals surface area contributed by atoms with Crippen LogP contribution < -0.4 is 10.4 Å². The molecule has 128 valence electrons. The second kappa shape index (κ2) is 7.50. The number of hydrogen-bond donors (Lipinski definition) is 0. The standard InChI is InChI=1S/C22H30OSi/c1-18(2)17-19(3)23-24(22(4,5)6,20-13-9-7-10-14-20)21-15-11-8-12-16-21/h7-17,19H,1-6H3. The van der Waals surface area contributed by atoms with Gasteiger partial charge in [-0.25, -0.2) is 0 Å². The molecule has 0 spiro atoms. The van der Waals surface area contributed by atoms with Crippen LogP contribution in [0.4, 0.5) is 0 Å². The Balaban J connectivity index is 2.68. The van der Waals surface area contributed by atoms with Crippen molar-refractivity contribution in [2.24, 2.45) is 0 Å². The lowest BCUT2D eigenvalue weighted by atomic mass is 10.2. The average molecular weight is 339 g/mol. The van der Waals surface area contributed by atoms with Crippen LogP contribution in [0, 0.1) is 0 Å². The fraction of sp³-hybridized carbons (Fsp3) is 0.364. The molecular weight excluding hydrogens is 308 g/mol. The van der Waals surface area contributed by atoms with Gasteiger partial charge in [-0.3, -0.25) is 0 Å². The Morgan fingerprint density at radius 2 is 1.29 bits per heavy atom. The topological polar surface area (TPSA) is 9.23 Å². The summed E-state index contributed by atoms with van der Waals surface area (Å²) < 4.78 is 6.95. The monoisotopic (exact) mass is 338 g/mol. The van der Waals surface area contributed by atoms with Crippen molar-refractivity contribution in [2.45, 2.75) is 52.7 Å². The molecule has 0 aliphatic carbocycles. The molecular formula is C22H30OSi. The first kappa shape index (κ1) is 18.7. The van der Waals surface area contributed by atoms with Crippen molar-refractivity contribution in [3.05, 3.63) is 72.3 Å². The van der Waals surface area contributed by atoms with Crippen molar-refractivity contribution >= 4 is 18.7 Å². The van der Waals surface area contributed by atoms with Crippen molar-refractivity contribution in [2.75, 3.05) is 0 Å². The van der Waals surface area contributed by atoms with Gasteiger partial charge in [0, 0.05) is 0 Å². The minimum absolute atomic E-state index is 0.0272. The summed E-state index contributed by atoms with van der Waals surface area (Å²) in [6.45, 7) is 13.4. The molecule has 0 saturated heterocycles. The molecule has 0 N–H and O–H groups in total. The van der Waals surface area contributed by atoms with Crippen LogP contribution in [0.1, 0.15) is 41.5 Å². The van der Waals surface area contributed by atoms with Crippen LogP contribution in [-0.4, -0.2) is 14.4 Å². The van der Waals surface area contributed by atoms with Gasteiger partial charge in [0.1, 0.15) is 0 Å². The van der Waals surface area contributed by atoms with Gasteiger partial charge in [0.25, 0.3) is 8.32 Å². The van der Waals surface area contributed by atoms with E-state index in [1.54, 1.807) is 0 Å². The lowest BCUT2D eigenvalue weighted by molar-refractivity contribution is 0.251. The van der Waals surface area contributed by atoms with Crippen LogP contribution in [0.25, 0.3) is 0 Å². The highest BCUT2D eigenvalue weighted by Gasteiger charge is 2.50. The summed E-state index contributed by atoms with van der Waals surface area (Å²) in [5, 5.41) is 2.69. The first-order valence-electron chi connectivity index (χ1n) is 8.71. The molecule has 1 nitrogen and oxygen atoms in total. The smallest absolute Gasteiger partial charge is 0.261 e. The van der Waals surface area contributed by atoms with Gasteiger partial charge in [-0.05, 0) is 36.2 Å². The Hall–Kier alpha value is -1.64.